The van der Waals surface area contributed by atoms with Crippen LogP contribution in [0.1, 0.15) is 24.8 Å². The molecule has 0 aliphatic heterocycles. The Labute approximate surface area is 127 Å². The molecule has 3 rings (SSSR count). The maximum absolute atomic E-state index is 12.0. The Bertz CT molecular complexity index is 654. The lowest BCUT2D eigenvalue weighted by molar-refractivity contribution is -0.497. The average Bonchev–Trinajstić information content (AvgIpc) is 3.34. The summed E-state index contributed by atoms with van der Waals surface area (Å²) in [6.07, 6.45) is 2.13. The molecule has 0 aromatic heterocycles. The van der Waals surface area contributed by atoms with Gasteiger partial charge in [-0.05, 0) is 37.5 Å². The zero-order chi connectivity index (χ0) is 15.9. The van der Waals surface area contributed by atoms with E-state index in [1.165, 1.54) is 0 Å². The van der Waals surface area contributed by atoms with Gasteiger partial charge in [0.25, 0.3) is 0 Å². The molecule has 116 valence electrons. The van der Waals surface area contributed by atoms with Crippen molar-refractivity contribution in [2.24, 2.45) is 11.8 Å². The Kier molecular flexibility index (Phi) is 3.56. The van der Waals surface area contributed by atoms with Gasteiger partial charge in [0.1, 0.15) is 5.92 Å². The minimum absolute atomic E-state index is 0.00302. The van der Waals surface area contributed by atoms with Crippen LogP contribution in [0.4, 0.5) is 11.4 Å². The van der Waals surface area contributed by atoms with Crippen molar-refractivity contribution < 1.29 is 14.5 Å². The fraction of sp³-hybridized carbons (Fsp3) is 0.467. The number of hydrogen-bond acceptors (Lipinski definition) is 4. The van der Waals surface area contributed by atoms with Crippen molar-refractivity contribution >= 4 is 23.2 Å². The Morgan fingerprint density at radius 3 is 2.55 bits per heavy atom. The van der Waals surface area contributed by atoms with Gasteiger partial charge in [-0.25, -0.2) is 0 Å². The van der Waals surface area contributed by atoms with Crippen LogP contribution in [0, 0.1) is 28.9 Å². The highest BCUT2D eigenvalue weighted by molar-refractivity contribution is 5.98. The predicted octanol–water partition coefficient (Wildman–Crippen LogP) is 1.95. The first kappa shape index (κ1) is 14.5. The van der Waals surface area contributed by atoms with Crippen LogP contribution in [0.2, 0.25) is 0 Å². The van der Waals surface area contributed by atoms with Crippen LogP contribution in [0.5, 0.6) is 0 Å². The van der Waals surface area contributed by atoms with Gasteiger partial charge in [-0.2, -0.15) is 0 Å². The van der Waals surface area contributed by atoms with Gasteiger partial charge in [0.05, 0.1) is 0 Å². The summed E-state index contributed by atoms with van der Waals surface area (Å²) < 4.78 is 0. The minimum Gasteiger partial charge on any atom is -0.326 e. The van der Waals surface area contributed by atoms with Crippen LogP contribution in [0.15, 0.2) is 18.2 Å². The first-order valence-electron chi connectivity index (χ1n) is 7.31. The van der Waals surface area contributed by atoms with Crippen molar-refractivity contribution in [3.8, 4) is 0 Å². The molecule has 7 nitrogen and oxygen atoms in total. The van der Waals surface area contributed by atoms with Crippen LogP contribution < -0.4 is 10.6 Å². The summed E-state index contributed by atoms with van der Waals surface area (Å²) in [5.74, 6) is -0.794. The van der Waals surface area contributed by atoms with Crippen molar-refractivity contribution in [2.45, 2.75) is 32.2 Å². The largest absolute Gasteiger partial charge is 0.326 e. The van der Waals surface area contributed by atoms with E-state index < -0.39 is 16.9 Å². The standard InChI is InChI=1S/C15H17N3O4/c1-8-2-5-10(16-14(19)9-3-4-9)6-12(8)17-15(20)11-7-13(11)18(21)22/h2,5-6,9,11,13H,3-4,7H2,1H3,(H,16,19)(H,17,20). The second kappa shape index (κ2) is 5.40. The first-order chi connectivity index (χ1) is 10.5. The van der Waals surface area contributed by atoms with E-state index in [9.17, 15) is 19.7 Å². The van der Waals surface area contributed by atoms with Gasteiger partial charge < -0.3 is 10.6 Å². The number of nitro groups is 1. The van der Waals surface area contributed by atoms with Crippen LogP contribution in [0.25, 0.3) is 0 Å². The zero-order valence-corrected chi connectivity index (χ0v) is 12.2. The molecule has 0 heterocycles. The summed E-state index contributed by atoms with van der Waals surface area (Å²) in [6.45, 7) is 1.83. The number of nitrogens with one attached hydrogen (secondary N) is 2. The van der Waals surface area contributed by atoms with Crippen LogP contribution in [0.3, 0.4) is 0 Å². The monoisotopic (exact) mass is 303 g/mol. The van der Waals surface area contributed by atoms with E-state index in [0.717, 1.165) is 18.4 Å². The Morgan fingerprint density at radius 1 is 1.23 bits per heavy atom. The number of nitrogens with zero attached hydrogens (tertiary/aromatic N) is 1. The van der Waals surface area contributed by atoms with E-state index in [0.29, 0.717) is 11.4 Å². The molecule has 2 amide bonds. The second-order valence-electron chi connectivity index (χ2n) is 5.98. The minimum atomic E-state index is -0.766. The number of benzene rings is 1. The highest BCUT2D eigenvalue weighted by atomic mass is 16.6. The van der Waals surface area contributed by atoms with E-state index in [1.54, 1.807) is 18.2 Å². The highest BCUT2D eigenvalue weighted by Crippen LogP contribution is 2.35. The molecular weight excluding hydrogens is 286 g/mol. The van der Waals surface area contributed by atoms with Crippen molar-refractivity contribution in [1.29, 1.82) is 0 Å². The number of aryl methyl sites for hydroxylation is 1. The molecule has 0 radical (unpaired) electrons. The molecular formula is C15H17N3O4. The topological polar surface area (TPSA) is 101 Å². The lowest BCUT2D eigenvalue weighted by atomic mass is 10.1. The summed E-state index contributed by atoms with van der Waals surface area (Å²) in [6, 6.07) is 4.51. The predicted molar refractivity (Wildman–Crippen MR) is 80.1 cm³/mol. The van der Waals surface area contributed by atoms with E-state index in [2.05, 4.69) is 10.6 Å². The summed E-state index contributed by atoms with van der Waals surface area (Å²) >= 11 is 0. The van der Waals surface area contributed by atoms with Gasteiger partial charge in [0.15, 0.2) is 0 Å². The number of hydrogen-bond donors (Lipinski definition) is 2. The van der Waals surface area contributed by atoms with E-state index in [4.69, 9.17) is 0 Å². The van der Waals surface area contributed by atoms with Gasteiger partial charge in [-0.1, -0.05) is 6.07 Å². The van der Waals surface area contributed by atoms with Gasteiger partial charge in [-0.3, -0.25) is 19.7 Å². The fourth-order valence-electron chi connectivity index (χ4n) is 2.35. The Morgan fingerprint density at radius 2 is 1.95 bits per heavy atom. The molecule has 2 saturated carbocycles. The SMILES string of the molecule is Cc1ccc(NC(=O)C2CC2)cc1NC(=O)C1CC1[N+](=O)[O-]. The number of rotatable bonds is 5. The number of carbonyl (C=O) groups excluding carboxylic acids is 2. The lowest BCUT2D eigenvalue weighted by Crippen LogP contribution is -2.19. The third kappa shape index (κ3) is 3.08. The molecule has 2 unspecified atom stereocenters. The Balaban J connectivity index is 1.66. The quantitative estimate of drug-likeness (QED) is 0.641. The smallest absolute Gasteiger partial charge is 0.234 e. The van der Waals surface area contributed by atoms with Crippen LogP contribution in [-0.4, -0.2) is 22.8 Å². The van der Waals surface area contributed by atoms with Gasteiger partial charge in [0, 0.05) is 28.6 Å². The molecule has 2 fully saturated rings. The molecule has 0 saturated heterocycles. The summed E-state index contributed by atoms with van der Waals surface area (Å²) in [5.41, 5.74) is 2.04. The molecule has 2 N–H and O–H groups in total. The first-order valence-corrected chi connectivity index (χ1v) is 7.31. The molecule has 0 bridgehead atoms. The summed E-state index contributed by atoms with van der Waals surface area (Å²) in [5, 5.41) is 16.2. The van der Waals surface area contributed by atoms with Crippen LogP contribution in [-0.2, 0) is 9.59 Å². The van der Waals surface area contributed by atoms with E-state index >= 15 is 0 Å². The molecule has 1 aromatic rings. The van der Waals surface area contributed by atoms with Gasteiger partial charge in [-0.15, -0.1) is 0 Å². The van der Waals surface area contributed by atoms with Crippen molar-refractivity contribution in [3.63, 3.8) is 0 Å². The average molecular weight is 303 g/mol. The second-order valence-corrected chi connectivity index (χ2v) is 5.98. The maximum Gasteiger partial charge on any atom is 0.234 e. The van der Waals surface area contributed by atoms with Gasteiger partial charge in [0.2, 0.25) is 17.9 Å². The van der Waals surface area contributed by atoms with Crippen LogP contribution >= 0.6 is 0 Å². The molecule has 2 aliphatic rings. The summed E-state index contributed by atoms with van der Waals surface area (Å²) in [7, 11) is 0. The molecule has 1 aromatic carbocycles. The van der Waals surface area contributed by atoms with Crippen molar-refractivity contribution in [2.75, 3.05) is 10.6 Å². The molecule has 0 spiro atoms. The molecule has 22 heavy (non-hydrogen) atoms. The number of amides is 2. The molecule has 2 atom stereocenters. The van der Waals surface area contributed by atoms with Gasteiger partial charge >= 0.3 is 0 Å². The normalized spacial score (nSPS) is 22.8. The number of carbonyl (C=O) groups is 2. The highest BCUT2D eigenvalue weighted by Gasteiger charge is 2.53. The zero-order valence-electron chi connectivity index (χ0n) is 12.2. The van der Waals surface area contributed by atoms with Crippen molar-refractivity contribution in [1.82, 2.24) is 0 Å². The molecule has 7 heteroatoms. The maximum atomic E-state index is 12.0. The fourth-order valence-corrected chi connectivity index (χ4v) is 2.35. The van der Waals surface area contributed by atoms with E-state index in [1.807, 2.05) is 6.92 Å². The van der Waals surface area contributed by atoms with E-state index in [-0.39, 0.29) is 24.2 Å². The third-order valence-electron chi connectivity index (χ3n) is 4.08. The summed E-state index contributed by atoms with van der Waals surface area (Å²) in [4.78, 5) is 34.0. The third-order valence-corrected chi connectivity index (χ3v) is 4.08. The number of anilines is 2. The Hall–Kier alpha value is -2.44. The lowest BCUT2D eigenvalue weighted by Gasteiger charge is -2.11. The van der Waals surface area contributed by atoms with Crippen molar-refractivity contribution in [3.05, 3.63) is 33.9 Å². The molecule has 2 aliphatic carbocycles.